The number of Topliss-reactive ketones (excluding diaryl/α,β-unsaturated/α-hetero) is 2. The van der Waals surface area contributed by atoms with Gasteiger partial charge in [-0.25, -0.2) is 4.98 Å². The first kappa shape index (κ1) is 34.9. The number of anilines is 1. The van der Waals surface area contributed by atoms with Crippen molar-refractivity contribution < 1.29 is 14.4 Å². The zero-order valence-electron chi connectivity index (χ0n) is 31.4. The predicted octanol–water partition coefficient (Wildman–Crippen LogP) is 7.33. The lowest BCUT2D eigenvalue weighted by Gasteiger charge is -2.55. The van der Waals surface area contributed by atoms with Gasteiger partial charge >= 0.3 is 0 Å². The maximum atomic E-state index is 13.8. The highest BCUT2D eigenvalue weighted by Gasteiger charge is 2.54. The molecule has 9 rings (SSSR count). The monoisotopic (exact) mass is 702 g/mol. The number of allylic oxidation sites excluding steroid dienone is 4. The third kappa shape index (κ3) is 6.77. The lowest BCUT2D eigenvalue weighted by atomic mass is 9.49. The van der Waals surface area contributed by atoms with Gasteiger partial charge in [0.15, 0.2) is 11.6 Å². The van der Waals surface area contributed by atoms with E-state index in [1.165, 1.54) is 19.3 Å². The molecule has 3 heterocycles. The van der Waals surface area contributed by atoms with Crippen LogP contribution in [-0.4, -0.2) is 76.4 Å². The summed E-state index contributed by atoms with van der Waals surface area (Å²) in [5.41, 5.74) is 6.18. The van der Waals surface area contributed by atoms with Crippen molar-refractivity contribution in [3.8, 4) is 11.1 Å². The number of carbonyl (C=O) groups excluding carboxylic acids is 3. The van der Waals surface area contributed by atoms with Gasteiger partial charge in [-0.15, -0.1) is 0 Å². The molecule has 4 saturated carbocycles. The Morgan fingerprint density at radius 3 is 2.29 bits per heavy atom. The fourth-order valence-electron chi connectivity index (χ4n) is 10.6. The van der Waals surface area contributed by atoms with Crippen LogP contribution in [0.4, 0.5) is 5.82 Å². The number of fused-ring (bicyclic) bond motifs is 1. The van der Waals surface area contributed by atoms with Crippen LogP contribution in [0.1, 0.15) is 102 Å². The Bertz CT molecular complexity index is 1910. The van der Waals surface area contributed by atoms with E-state index in [4.69, 9.17) is 4.98 Å². The van der Waals surface area contributed by atoms with E-state index in [1.807, 2.05) is 30.8 Å². The van der Waals surface area contributed by atoms with Crippen LogP contribution in [0.5, 0.6) is 0 Å². The Labute approximate surface area is 307 Å². The summed E-state index contributed by atoms with van der Waals surface area (Å²) >= 11 is 0. The van der Waals surface area contributed by atoms with Gasteiger partial charge in [-0.3, -0.25) is 24.0 Å². The zero-order chi connectivity index (χ0) is 36.1. The molecule has 5 aliphatic carbocycles. The molecule has 9 heteroatoms. The number of nitrogens with zero attached hydrogens (tertiary/aromatic N) is 5. The Morgan fingerprint density at radius 1 is 0.942 bits per heavy atom. The molecule has 0 radical (unpaired) electrons. The predicted molar refractivity (Wildman–Crippen MR) is 205 cm³/mol. The molecule has 1 aromatic carbocycles. The highest BCUT2D eigenvalue weighted by molar-refractivity contribution is 6.09. The SMILES string of the molecule is CC1=CC(C)=C(CCC(=O)c2cc(-c3ccc(N4CCN(CCNC(=O)C56CC7CC(CC(C7)C5)C6)CC4)nc3)cc3c2cnn3C(C)C)C(=O)C1. The largest absolute Gasteiger partial charge is 0.354 e. The molecular weight excluding hydrogens is 649 g/mol. The number of hydrogen-bond donors (Lipinski definition) is 1. The van der Waals surface area contributed by atoms with Gasteiger partial charge in [0.2, 0.25) is 5.91 Å². The van der Waals surface area contributed by atoms with Crippen molar-refractivity contribution in [3.63, 3.8) is 0 Å². The molecule has 0 spiro atoms. The molecule has 1 amide bonds. The van der Waals surface area contributed by atoms with Crippen LogP contribution in [0.25, 0.3) is 22.0 Å². The molecule has 6 aliphatic rings. The van der Waals surface area contributed by atoms with E-state index in [1.54, 1.807) is 6.20 Å². The lowest BCUT2D eigenvalue weighted by Crippen LogP contribution is -2.54. The maximum Gasteiger partial charge on any atom is 0.226 e. The summed E-state index contributed by atoms with van der Waals surface area (Å²) in [5.74, 6) is 3.78. The van der Waals surface area contributed by atoms with Crippen LogP contribution in [0.3, 0.4) is 0 Å². The minimum absolute atomic E-state index is 0.0179. The molecule has 52 heavy (non-hydrogen) atoms. The number of benzene rings is 1. The average molecular weight is 703 g/mol. The first-order valence-electron chi connectivity index (χ1n) is 19.7. The van der Waals surface area contributed by atoms with E-state index < -0.39 is 0 Å². The number of piperazine rings is 1. The Hall–Kier alpha value is -4.11. The molecule has 0 atom stereocenters. The maximum absolute atomic E-state index is 13.8. The van der Waals surface area contributed by atoms with Crippen LogP contribution >= 0.6 is 0 Å². The van der Waals surface area contributed by atoms with E-state index in [0.717, 1.165) is 121 Å². The lowest BCUT2D eigenvalue weighted by molar-refractivity contribution is -0.146. The zero-order valence-corrected chi connectivity index (χ0v) is 31.4. The summed E-state index contributed by atoms with van der Waals surface area (Å²) in [4.78, 5) is 49.7. The minimum atomic E-state index is -0.0749. The number of nitrogens with one attached hydrogen (secondary N) is 1. The Balaban J connectivity index is 0.900. The number of aromatic nitrogens is 3. The molecule has 4 bridgehead atoms. The molecule has 1 N–H and O–H groups in total. The van der Waals surface area contributed by atoms with Crippen molar-refractivity contribution >= 4 is 34.2 Å². The van der Waals surface area contributed by atoms with Gasteiger partial charge in [-0.2, -0.15) is 5.10 Å². The number of rotatable bonds is 11. The summed E-state index contributed by atoms with van der Waals surface area (Å²) in [6.07, 6.45) is 14.3. The van der Waals surface area contributed by atoms with Crippen LogP contribution in [-0.2, 0) is 9.59 Å². The summed E-state index contributed by atoms with van der Waals surface area (Å²) in [5, 5.41) is 8.85. The standard InChI is InChI=1S/C43H54N6O3/c1-27(2)49-38-21-34(20-36(37(38)26-46-49)39(50)7-6-35-29(4)15-28(3)16-40(35)51)33-5-8-41(45-25-33)48-13-11-47(12-14-48)10-9-44-42(52)43-22-30-17-31(23-43)19-32(18-30)24-43/h5,8,15,20-21,25-27,30-32H,6-7,9-14,16-19,22-24H2,1-4H3,(H,44,52). The second kappa shape index (κ2) is 14.0. The fraction of sp³-hybridized carbons (Fsp3) is 0.558. The fourth-order valence-corrected chi connectivity index (χ4v) is 10.6. The van der Waals surface area contributed by atoms with Gasteiger partial charge in [0, 0.05) is 86.3 Å². The highest BCUT2D eigenvalue weighted by Crippen LogP contribution is 2.60. The number of amides is 1. The van der Waals surface area contributed by atoms with E-state index in [2.05, 4.69) is 58.3 Å². The second-order valence-corrected chi connectivity index (χ2v) is 17.0. The van der Waals surface area contributed by atoms with Crippen molar-refractivity contribution in [2.45, 2.75) is 91.5 Å². The minimum Gasteiger partial charge on any atom is -0.354 e. The molecule has 1 saturated heterocycles. The molecule has 1 aliphatic heterocycles. The number of hydrogen-bond acceptors (Lipinski definition) is 7. The summed E-state index contributed by atoms with van der Waals surface area (Å²) < 4.78 is 1.97. The molecular formula is C43H54N6O3. The smallest absolute Gasteiger partial charge is 0.226 e. The molecule has 0 unspecified atom stereocenters. The van der Waals surface area contributed by atoms with Gasteiger partial charge in [0.25, 0.3) is 0 Å². The van der Waals surface area contributed by atoms with Crippen molar-refractivity contribution in [2.24, 2.45) is 23.2 Å². The highest BCUT2D eigenvalue weighted by atomic mass is 16.2. The molecule has 5 fully saturated rings. The first-order valence-corrected chi connectivity index (χ1v) is 19.7. The number of pyridine rings is 1. The van der Waals surface area contributed by atoms with E-state index in [0.29, 0.717) is 24.3 Å². The summed E-state index contributed by atoms with van der Waals surface area (Å²) in [7, 11) is 0. The normalized spacial score (nSPS) is 26.1. The summed E-state index contributed by atoms with van der Waals surface area (Å²) in [6.45, 7) is 13.4. The van der Waals surface area contributed by atoms with Crippen molar-refractivity contribution in [1.29, 1.82) is 0 Å². The summed E-state index contributed by atoms with van der Waals surface area (Å²) in [6, 6.07) is 8.41. The van der Waals surface area contributed by atoms with E-state index in [9.17, 15) is 14.4 Å². The third-order valence-corrected chi connectivity index (χ3v) is 12.8. The van der Waals surface area contributed by atoms with Gasteiger partial charge < -0.3 is 10.2 Å². The van der Waals surface area contributed by atoms with Gasteiger partial charge in [0.05, 0.1) is 11.7 Å². The van der Waals surface area contributed by atoms with Gasteiger partial charge in [-0.1, -0.05) is 11.6 Å². The molecule has 3 aromatic rings. The third-order valence-electron chi connectivity index (χ3n) is 12.8. The van der Waals surface area contributed by atoms with E-state index >= 15 is 0 Å². The number of carbonyl (C=O) groups is 3. The van der Waals surface area contributed by atoms with Crippen LogP contribution in [0.15, 0.2) is 59.5 Å². The number of ketones is 2. The Kier molecular flexibility index (Phi) is 9.43. The van der Waals surface area contributed by atoms with Crippen LogP contribution in [0, 0.1) is 23.2 Å². The van der Waals surface area contributed by atoms with Crippen LogP contribution < -0.4 is 10.2 Å². The van der Waals surface area contributed by atoms with Gasteiger partial charge in [0.1, 0.15) is 5.82 Å². The van der Waals surface area contributed by atoms with E-state index in [-0.39, 0.29) is 29.4 Å². The topological polar surface area (TPSA) is 100 Å². The van der Waals surface area contributed by atoms with Crippen molar-refractivity contribution in [3.05, 3.63) is 65.0 Å². The van der Waals surface area contributed by atoms with Gasteiger partial charge in [-0.05, 0) is 131 Å². The second-order valence-electron chi connectivity index (χ2n) is 17.0. The average Bonchev–Trinajstić information content (AvgIpc) is 3.55. The van der Waals surface area contributed by atoms with Crippen molar-refractivity contribution in [2.75, 3.05) is 44.2 Å². The quantitative estimate of drug-likeness (QED) is 0.209. The first-order chi connectivity index (χ1) is 25.0. The molecule has 2 aromatic heterocycles. The van der Waals surface area contributed by atoms with Crippen LogP contribution in [0.2, 0.25) is 0 Å². The Morgan fingerprint density at radius 2 is 1.65 bits per heavy atom. The molecule has 274 valence electrons. The molecule has 9 nitrogen and oxygen atoms in total. The van der Waals surface area contributed by atoms with Crippen molar-refractivity contribution in [1.82, 2.24) is 25.0 Å².